The molecule has 2 rings (SSSR count). The molecule has 1 heterocycles. The van der Waals surface area contributed by atoms with E-state index in [1.165, 1.54) is 5.69 Å². The first-order valence-corrected chi connectivity index (χ1v) is 8.28. The summed E-state index contributed by atoms with van der Waals surface area (Å²) in [6.07, 6.45) is 0.947. The lowest BCUT2D eigenvalue weighted by Crippen LogP contribution is -2.44. The summed E-state index contributed by atoms with van der Waals surface area (Å²) in [7, 11) is 6.21. The molecular formula is C17H29N5O. The standard InChI is InChI=1S/C17H29N5O/c1-20(2)10-4-9-18-17(23)19-15-5-7-16(8-6-15)22-13-11-21(3)12-14-22/h5-8H,4,9-14H2,1-3H3,(H2,18,19,23). The zero-order chi connectivity index (χ0) is 16.7. The number of benzene rings is 1. The van der Waals surface area contributed by atoms with E-state index in [2.05, 4.69) is 44.5 Å². The van der Waals surface area contributed by atoms with Gasteiger partial charge in [-0.15, -0.1) is 0 Å². The van der Waals surface area contributed by atoms with Crippen LogP contribution >= 0.6 is 0 Å². The van der Waals surface area contributed by atoms with Crippen LogP contribution in [0.25, 0.3) is 0 Å². The minimum absolute atomic E-state index is 0.142. The first-order chi connectivity index (χ1) is 11.0. The number of amides is 2. The predicted molar refractivity (Wildman–Crippen MR) is 96.3 cm³/mol. The highest BCUT2D eigenvalue weighted by molar-refractivity contribution is 5.89. The van der Waals surface area contributed by atoms with Gasteiger partial charge in [-0.2, -0.15) is 0 Å². The molecular weight excluding hydrogens is 290 g/mol. The highest BCUT2D eigenvalue weighted by Crippen LogP contribution is 2.19. The van der Waals surface area contributed by atoms with Crippen LogP contribution in [0.1, 0.15) is 6.42 Å². The van der Waals surface area contributed by atoms with Crippen LogP contribution in [0, 0.1) is 0 Å². The van der Waals surface area contributed by atoms with Crippen molar-refractivity contribution >= 4 is 17.4 Å². The Morgan fingerprint density at radius 2 is 1.78 bits per heavy atom. The van der Waals surface area contributed by atoms with Gasteiger partial charge >= 0.3 is 6.03 Å². The summed E-state index contributed by atoms with van der Waals surface area (Å²) in [4.78, 5) is 18.7. The Kier molecular flexibility index (Phi) is 6.67. The zero-order valence-electron chi connectivity index (χ0n) is 14.5. The number of hydrogen-bond acceptors (Lipinski definition) is 4. The monoisotopic (exact) mass is 319 g/mol. The summed E-state index contributed by atoms with van der Waals surface area (Å²) >= 11 is 0. The number of hydrogen-bond donors (Lipinski definition) is 2. The van der Waals surface area contributed by atoms with Crippen LogP contribution in [0.4, 0.5) is 16.2 Å². The van der Waals surface area contributed by atoms with Crippen LogP contribution in [0.15, 0.2) is 24.3 Å². The van der Waals surface area contributed by atoms with E-state index in [4.69, 9.17) is 0 Å². The molecule has 0 saturated carbocycles. The maximum absolute atomic E-state index is 11.8. The van der Waals surface area contributed by atoms with Crippen molar-refractivity contribution in [1.82, 2.24) is 15.1 Å². The van der Waals surface area contributed by atoms with Crippen LogP contribution in [-0.4, -0.2) is 76.2 Å². The number of likely N-dealkylation sites (N-methyl/N-ethyl adjacent to an activating group) is 1. The molecule has 0 unspecified atom stereocenters. The molecule has 0 aliphatic carbocycles. The number of carbonyl (C=O) groups is 1. The highest BCUT2D eigenvalue weighted by Gasteiger charge is 2.14. The van der Waals surface area contributed by atoms with E-state index in [0.717, 1.165) is 44.8 Å². The summed E-state index contributed by atoms with van der Waals surface area (Å²) in [6.45, 7) is 5.94. The smallest absolute Gasteiger partial charge is 0.319 e. The van der Waals surface area contributed by atoms with Crippen LogP contribution in [-0.2, 0) is 0 Å². The van der Waals surface area contributed by atoms with Crippen molar-refractivity contribution in [3.05, 3.63) is 24.3 Å². The van der Waals surface area contributed by atoms with Crippen molar-refractivity contribution in [2.45, 2.75) is 6.42 Å². The number of nitrogens with one attached hydrogen (secondary N) is 2. The van der Waals surface area contributed by atoms with E-state index in [-0.39, 0.29) is 6.03 Å². The van der Waals surface area contributed by atoms with Crippen LogP contribution < -0.4 is 15.5 Å². The summed E-state index contributed by atoms with van der Waals surface area (Å²) in [6, 6.07) is 7.94. The van der Waals surface area contributed by atoms with E-state index in [0.29, 0.717) is 6.54 Å². The summed E-state index contributed by atoms with van der Waals surface area (Å²) in [5, 5.41) is 5.75. The SMILES string of the molecule is CN(C)CCCNC(=O)Nc1ccc(N2CCN(C)CC2)cc1. The number of carbonyl (C=O) groups excluding carboxylic acids is 1. The first-order valence-electron chi connectivity index (χ1n) is 8.28. The van der Waals surface area contributed by atoms with Crippen molar-refractivity contribution in [2.24, 2.45) is 0 Å². The van der Waals surface area contributed by atoms with Crippen LogP contribution in [0.3, 0.4) is 0 Å². The minimum atomic E-state index is -0.142. The molecule has 23 heavy (non-hydrogen) atoms. The average molecular weight is 319 g/mol. The van der Waals surface area contributed by atoms with Gasteiger partial charge < -0.3 is 25.3 Å². The summed E-state index contributed by atoms with van der Waals surface area (Å²) in [5.74, 6) is 0. The number of urea groups is 1. The van der Waals surface area contributed by atoms with Crippen LogP contribution in [0.5, 0.6) is 0 Å². The molecule has 6 nitrogen and oxygen atoms in total. The lowest BCUT2D eigenvalue weighted by atomic mass is 10.2. The Morgan fingerprint density at radius 3 is 2.39 bits per heavy atom. The molecule has 1 saturated heterocycles. The third-order valence-corrected chi connectivity index (χ3v) is 4.06. The topological polar surface area (TPSA) is 50.9 Å². The first kappa shape index (κ1) is 17.6. The lowest BCUT2D eigenvalue weighted by molar-refractivity contribution is 0.251. The molecule has 0 atom stereocenters. The van der Waals surface area contributed by atoms with Gasteiger partial charge in [-0.05, 0) is 58.4 Å². The molecule has 1 aliphatic heterocycles. The van der Waals surface area contributed by atoms with E-state index in [9.17, 15) is 4.79 Å². The van der Waals surface area contributed by atoms with Gasteiger partial charge in [0.1, 0.15) is 0 Å². The molecule has 0 bridgehead atoms. The second kappa shape index (κ2) is 8.74. The van der Waals surface area contributed by atoms with Crippen LogP contribution in [0.2, 0.25) is 0 Å². The van der Waals surface area contributed by atoms with Crippen molar-refractivity contribution in [2.75, 3.05) is 70.6 Å². The van der Waals surface area contributed by atoms with E-state index in [1.807, 2.05) is 26.2 Å². The van der Waals surface area contributed by atoms with Gasteiger partial charge in [0.25, 0.3) is 0 Å². The van der Waals surface area contributed by atoms with E-state index < -0.39 is 0 Å². The fourth-order valence-corrected chi connectivity index (χ4v) is 2.59. The number of nitrogens with zero attached hydrogens (tertiary/aromatic N) is 3. The molecule has 1 aliphatic rings. The van der Waals surface area contributed by atoms with Gasteiger partial charge in [0.15, 0.2) is 0 Å². The van der Waals surface area contributed by atoms with Gasteiger partial charge in [-0.3, -0.25) is 0 Å². The molecule has 0 radical (unpaired) electrons. The average Bonchev–Trinajstić information content (AvgIpc) is 2.53. The lowest BCUT2D eigenvalue weighted by Gasteiger charge is -2.34. The maximum Gasteiger partial charge on any atom is 0.319 e. The van der Waals surface area contributed by atoms with Gasteiger partial charge in [-0.25, -0.2) is 4.79 Å². The highest BCUT2D eigenvalue weighted by atomic mass is 16.2. The Hall–Kier alpha value is -1.79. The van der Waals surface area contributed by atoms with Gasteiger partial charge in [0.05, 0.1) is 0 Å². The summed E-state index contributed by atoms with van der Waals surface area (Å²) in [5.41, 5.74) is 2.04. The van der Waals surface area contributed by atoms with E-state index >= 15 is 0 Å². The zero-order valence-corrected chi connectivity index (χ0v) is 14.5. The Morgan fingerprint density at radius 1 is 1.13 bits per heavy atom. The molecule has 0 spiro atoms. The minimum Gasteiger partial charge on any atom is -0.369 e. The molecule has 1 aromatic rings. The largest absolute Gasteiger partial charge is 0.369 e. The Labute approximate surface area is 139 Å². The van der Waals surface area contributed by atoms with E-state index in [1.54, 1.807) is 0 Å². The molecule has 1 aromatic carbocycles. The summed E-state index contributed by atoms with van der Waals surface area (Å²) < 4.78 is 0. The van der Waals surface area contributed by atoms with Gasteiger partial charge in [0, 0.05) is 44.1 Å². The third kappa shape index (κ3) is 6.08. The van der Waals surface area contributed by atoms with Crippen molar-refractivity contribution in [3.8, 4) is 0 Å². The van der Waals surface area contributed by atoms with Gasteiger partial charge in [0.2, 0.25) is 0 Å². The van der Waals surface area contributed by atoms with Crippen molar-refractivity contribution in [3.63, 3.8) is 0 Å². The number of rotatable bonds is 6. The predicted octanol–water partition coefficient (Wildman–Crippen LogP) is 1.51. The second-order valence-corrected chi connectivity index (χ2v) is 6.37. The Balaban J connectivity index is 1.75. The normalized spacial score (nSPS) is 15.7. The number of piperazine rings is 1. The van der Waals surface area contributed by atoms with Crippen molar-refractivity contribution in [1.29, 1.82) is 0 Å². The number of anilines is 2. The fourth-order valence-electron chi connectivity index (χ4n) is 2.59. The quantitative estimate of drug-likeness (QED) is 0.781. The van der Waals surface area contributed by atoms with Crippen molar-refractivity contribution < 1.29 is 4.79 Å². The molecule has 0 aromatic heterocycles. The third-order valence-electron chi connectivity index (χ3n) is 4.06. The van der Waals surface area contributed by atoms with Gasteiger partial charge in [-0.1, -0.05) is 0 Å². The fraction of sp³-hybridized carbons (Fsp3) is 0.588. The second-order valence-electron chi connectivity index (χ2n) is 6.37. The molecule has 6 heteroatoms. The molecule has 1 fully saturated rings. The Bertz CT molecular complexity index is 480. The molecule has 2 amide bonds. The molecule has 128 valence electrons. The maximum atomic E-state index is 11.8. The molecule has 2 N–H and O–H groups in total.